The van der Waals surface area contributed by atoms with Crippen LogP contribution in [-0.2, 0) is 6.42 Å². The van der Waals surface area contributed by atoms with Crippen LogP contribution < -0.4 is 5.56 Å². The molecule has 1 N–H and O–H groups in total. The summed E-state index contributed by atoms with van der Waals surface area (Å²) >= 11 is 0. The highest BCUT2D eigenvalue weighted by Gasteiger charge is 2.65. The second-order valence-corrected chi connectivity index (χ2v) is 8.26. The smallest absolute Gasteiger partial charge is 0.248 e. The quantitative estimate of drug-likeness (QED) is 0.813. The first kappa shape index (κ1) is 12.9. The highest BCUT2D eigenvalue weighted by molar-refractivity contribution is 5.78. The molecular weight excluding hydrogens is 276 g/mol. The second kappa shape index (κ2) is 3.67. The lowest BCUT2D eigenvalue weighted by Gasteiger charge is -2.33. The lowest BCUT2D eigenvalue weighted by atomic mass is 9.71. The minimum absolute atomic E-state index is 0.0415. The Labute approximate surface area is 129 Å². The number of rotatable bonds is 0. The van der Waals surface area contributed by atoms with E-state index in [4.69, 9.17) is 4.42 Å². The minimum Gasteiger partial charge on any atom is -0.459 e. The van der Waals surface area contributed by atoms with Crippen LogP contribution in [0.15, 0.2) is 21.3 Å². The number of nitrogens with zero attached hydrogens (tertiary/aromatic N) is 1. The van der Waals surface area contributed by atoms with Crippen LogP contribution in [0.5, 0.6) is 0 Å². The number of pyridine rings is 1. The van der Waals surface area contributed by atoms with Crippen molar-refractivity contribution in [2.24, 2.45) is 10.8 Å². The molecule has 0 radical (unpaired) electrons. The van der Waals surface area contributed by atoms with E-state index < -0.39 is 0 Å². The fraction of sp³-hybridized carbons (Fsp3) is 0.611. The molecule has 5 rings (SSSR count). The lowest BCUT2D eigenvalue weighted by Crippen LogP contribution is -2.39. The van der Waals surface area contributed by atoms with Gasteiger partial charge in [-0.15, -0.1) is 0 Å². The van der Waals surface area contributed by atoms with Crippen molar-refractivity contribution in [1.82, 2.24) is 9.88 Å². The highest BCUT2D eigenvalue weighted by Crippen LogP contribution is 2.66. The Morgan fingerprint density at radius 1 is 1.32 bits per heavy atom. The normalized spacial score (nSPS) is 35.8. The number of hydrogen-bond donors (Lipinski definition) is 1. The van der Waals surface area contributed by atoms with Gasteiger partial charge in [0.1, 0.15) is 5.76 Å². The zero-order valence-corrected chi connectivity index (χ0v) is 13.4. The van der Waals surface area contributed by atoms with Gasteiger partial charge in [-0.25, -0.2) is 0 Å². The van der Waals surface area contributed by atoms with Crippen molar-refractivity contribution < 1.29 is 4.42 Å². The van der Waals surface area contributed by atoms with Crippen LogP contribution in [0.4, 0.5) is 0 Å². The first-order valence-electron chi connectivity index (χ1n) is 8.29. The average Bonchev–Trinajstić information content (AvgIpc) is 2.93. The topological polar surface area (TPSA) is 49.2 Å². The Balaban J connectivity index is 1.76. The van der Waals surface area contributed by atoms with E-state index in [0.717, 1.165) is 29.8 Å². The molecule has 1 saturated heterocycles. The van der Waals surface area contributed by atoms with Gasteiger partial charge in [0.2, 0.25) is 5.56 Å². The SMILES string of the molecule is CC12CC3c4oc5ccc(=O)[nH]c5c4CCN(C1)C3C2(C)C. The van der Waals surface area contributed by atoms with Crippen molar-refractivity contribution in [3.05, 3.63) is 33.8 Å². The van der Waals surface area contributed by atoms with Gasteiger partial charge < -0.3 is 9.40 Å². The first-order valence-corrected chi connectivity index (χ1v) is 8.29. The predicted molar refractivity (Wildman–Crippen MR) is 85.1 cm³/mol. The Kier molecular flexibility index (Phi) is 2.16. The van der Waals surface area contributed by atoms with Crippen molar-refractivity contribution in [3.8, 4) is 0 Å². The van der Waals surface area contributed by atoms with Gasteiger partial charge in [0.15, 0.2) is 5.58 Å². The Morgan fingerprint density at radius 3 is 2.91 bits per heavy atom. The third-order valence-electron chi connectivity index (χ3n) is 6.98. The highest BCUT2D eigenvalue weighted by atomic mass is 16.3. The van der Waals surface area contributed by atoms with Crippen molar-refractivity contribution in [2.45, 2.75) is 45.6 Å². The standard InChI is InChI=1S/C18H22N2O2/c1-17(2)16-11-8-18(17,3)9-20(16)7-6-10-14-12(22-15(10)11)4-5-13(21)19-14/h4-5,11,16H,6-9H2,1-3H3,(H,19,21). The number of nitrogens with one attached hydrogen (secondary N) is 1. The van der Waals surface area contributed by atoms with Crippen molar-refractivity contribution in [2.75, 3.05) is 13.1 Å². The first-order chi connectivity index (χ1) is 10.4. The molecule has 3 unspecified atom stereocenters. The molecule has 1 saturated carbocycles. The number of aromatic amines is 1. The molecule has 1 aliphatic carbocycles. The summed E-state index contributed by atoms with van der Waals surface area (Å²) in [5, 5.41) is 0. The number of hydrogen-bond acceptors (Lipinski definition) is 3. The van der Waals surface area contributed by atoms with E-state index in [1.807, 2.05) is 6.07 Å². The van der Waals surface area contributed by atoms with E-state index in [0.29, 0.717) is 22.8 Å². The number of H-pyrrole nitrogens is 1. The van der Waals surface area contributed by atoms with Crippen molar-refractivity contribution in [3.63, 3.8) is 0 Å². The molecule has 2 fully saturated rings. The van der Waals surface area contributed by atoms with Crippen molar-refractivity contribution in [1.29, 1.82) is 0 Å². The molecule has 0 aromatic carbocycles. The van der Waals surface area contributed by atoms with Crippen LogP contribution in [0.1, 0.15) is 44.4 Å². The number of piperidine rings is 1. The third kappa shape index (κ3) is 1.31. The van der Waals surface area contributed by atoms with Gasteiger partial charge in [0.05, 0.1) is 5.52 Å². The number of aromatic nitrogens is 1. The molecular formula is C18H22N2O2. The van der Waals surface area contributed by atoms with Gasteiger partial charge in [-0.1, -0.05) is 20.8 Å². The zero-order valence-electron chi connectivity index (χ0n) is 13.4. The molecule has 4 nitrogen and oxygen atoms in total. The summed E-state index contributed by atoms with van der Waals surface area (Å²) in [4.78, 5) is 17.4. The fourth-order valence-electron chi connectivity index (χ4n) is 5.58. The number of furan rings is 1. The molecule has 0 amide bonds. The Bertz CT molecular complexity index is 844. The Hall–Kier alpha value is -1.55. The summed E-state index contributed by atoms with van der Waals surface area (Å²) in [6.45, 7) is 9.55. The van der Waals surface area contributed by atoms with Gasteiger partial charge in [0.25, 0.3) is 0 Å². The number of fused-ring (bicyclic) bond motifs is 5. The summed E-state index contributed by atoms with van der Waals surface area (Å²) in [6, 6.07) is 3.94. The van der Waals surface area contributed by atoms with E-state index >= 15 is 0 Å². The van der Waals surface area contributed by atoms with E-state index in [2.05, 4.69) is 30.7 Å². The largest absolute Gasteiger partial charge is 0.459 e. The summed E-state index contributed by atoms with van der Waals surface area (Å²) in [7, 11) is 0. The van der Waals surface area contributed by atoms with Crippen LogP contribution in [0.2, 0.25) is 0 Å². The molecule has 22 heavy (non-hydrogen) atoms. The molecule has 116 valence electrons. The minimum atomic E-state index is -0.0415. The molecule has 3 aliphatic rings. The van der Waals surface area contributed by atoms with Crippen LogP contribution in [0.3, 0.4) is 0 Å². The lowest BCUT2D eigenvalue weighted by molar-refractivity contribution is 0.162. The van der Waals surface area contributed by atoms with Gasteiger partial charge in [-0.05, 0) is 29.7 Å². The molecule has 2 aromatic rings. The maximum Gasteiger partial charge on any atom is 0.248 e. The molecule has 0 spiro atoms. The second-order valence-electron chi connectivity index (χ2n) is 8.26. The van der Waals surface area contributed by atoms with Crippen LogP contribution >= 0.6 is 0 Å². The van der Waals surface area contributed by atoms with E-state index in [9.17, 15) is 4.79 Å². The molecule has 3 atom stereocenters. The zero-order chi connectivity index (χ0) is 15.3. The predicted octanol–water partition coefficient (Wildman–Crippen LogP) is 2.88. The van der Waals surface area contributed by atoms with Crippen LogP contribution in [0.25, 0.3) is 11.1 Å². The van der Waals surface area contributed by atoms with Crippen LogP contribution in [0, 0.1) is 10.8 Å². The van der Waals surface area contributed by atoms with Gasteiger partial charge in [-0.3, -0.25) is 9.69 Å². The average molecular weight is 298 g/mol. The van der Waals surface area contributed by atoms with E-state index in [-0.39, 0.29) is 5.56 Å². The third-order valence-corrected chi connectivity index (χ3v) is 6.98. The molecule has 2 aromatic heterocycles. The molecule has 2 aliphatic heterocycles. The molecule has 2 bridgehead atoms. The van der Waals surface area contributed by atoms with Gasteiger partial charge >= 0.3 is 0 Å². The summed E-state index contributed by atoms with van der Waals surface area (Å²) in [6.07, 6.45) is 2.17. The maximum atomic E-state index is 11.7. The molecule has 4 heterocycles. The van der Waals surface area contributed by atoms with E-state index in [1.54, 1.807) is 6.07 Å². The monoisotopic (exact) mass is 298 g/mol. The van der Waals surface area contributed by atoms with Gasteiger partial charge in [0, 0.05) is 36.7 Å². The van der Waals surface area contributed by atoms with Crippen molar-refractivity contribution >= 4 is 11.1 Å². The fourth-order valence-corrected chi connectivity index (χ4v) is 5.58. The molecule has 4 heteroatoms. The van der Waals surface area contributed by atoms with Crippen LogP contribution in [-0.4, -0.2) is 29.0 Å². The Morgan fingerprint density at radius 2 is 2.14 bits per heavy atom. The summed E-state index contributed by atoms with van der Waals surface area (Å²) in [5.41, 5.74) is 3.63. The van der Waals surface area contributed by atoms with Gasteiger partial charge in [-0.2, -0.15) is 0 Å². The summed E-state index contributed by atoms with van der Waals surface area (Å²) < 4.78 is 6.25. The van der Waals surface area contributed by atoms with E-state index in [1.165, 1.54) is 18.5 Å². The maximum absolute atomic E-state index is 11.7. The summed E-state index contributed by atoms with van der Waals surface area (Å²) in [5.74, 6) is 1.60.